The number of fused-ring (bicyclic) bond motifs is 1. The minimum Gasteiger partial charge on any atom is -0.355 e. The van der Waals surface area contributed by atoms with E-state index in [2.05, 4.69) is 36.3 Å². The van der Waals surface area contributed by atoms with Gasteiger partial charge in [0.25, 0.3) is 0 Å². The maximum atomic E-state index is 12.2. The molecule has 32 heavy (non-hydrogen) atoms. The second-order valence-electron chi connectivity index (χ2n) is 7.94. The average molecular weight is 485 g/mol. The number of hydrogen-bond donors (Lipinski definition) is 3. The van der Waals surface area contributed by atoms with Crippen LogP contribution < -0.4 is 10.6 Å². The predicted octanol–water partition coefficient (Wildman–Crippen LogP) is 3.52. The van der Waals surface area contributed by atoms with Crippen molar-refractivity contribution in [3.8, 4) is 0 Å². The van der Waals surface area contributed by atoms with Gasteiger partial charge in [0.2, 0.25) is 5.91 Å². The molecule has 0 bridgehead atoms. The molecule has 1 aliphatic rings. The fourth-order valence-corrected chi connectivity index (χ4v) is 5.29. The van der Waals surface area contributed by atoms with Crippen molar-refractivity contribution in [1.82, 2.24) is 10.6 Å². The summed E-state index contributed by atoms with van der Waals surface area (Å²) in [6.07, 6.45) is 0.921. The van der Waals surface area contributed by atoms with Crippen molar-refractivity contribution in [3.63, 3.8) is 0 Å². The van der Waals surface area contributed by atoms with E-state index in [0.29, 0.717) is 18.7 Å². The molecule has 3 rings (SSSR count). The average Bonchev–Trinajstić information content (AvgIpc) is 2.68. The summed E-state index contributed by atoms with van der Waals surface area (Å²) in [5, 5.41) is 5.95. The molecule has 0 saturated carbocycles. The number of sulfone groups is 1. The highest BCUT2D eigenvalue weighted by molar-refractivity contribution is 7.90. The molecule has 1 amide bonds. The van der Waals surface area contributed by atoms with E-state index in [9.17, 15) is 22.0 Å². The lowest BCUT2D eigenvalue weighted by Crippen LogP contribution is -2.39. The number of aryl methyl sites for hydroxylation is 2. The molecule has 9 heteroatoms. The van der Waals surface area contributed by atoms with Gasteiger partial charge in [-0.15, -0.1) is 0 Å². The van der Waals surface area contributed by atoms with E-state index >= 15 is 0 Å². The number of halogens is 2. The van der Waals surface area contributed by atoms with E-state index in [1.165, 1.54) is 24.6 Å². The molecule has 2 atom stereocenters. The number of nitrogens with one attached hydrogen (secondary N) is 2. The molecule has 0 radical (unpaired) electrons. The molecule has 1 aliphatic heterocycles. The summed E-state index contributed by atoms with van der Waals surface area (Å²) in [4.78, 5) is 10.9. The summed E-state index contributed by atoms with van der Waals surface area (Å²) in [6, 6.07) is 9.22. The Bertz CT molecular complexity index is 995. The highest BCUT2D eigenvalue weighted by Gasteiger charge is 2.29. The summed E-state index contributed by atoms with van der Waals surface area (Å²) in [7, 11) is -3.10. The van der Waals surface area contributed by atoms with Crippen LogP contribution >= 0.6 is 12.6 Å². The highest BCUT2D eigenvalue weighted by atomic mass is 32.2. The normalized spacial score (nSPS) is 17.5. The second kappa shape index (κ2) is 11.8. The summed E-state index contributed by atoms with van der Waals surface area (Å²) in [5.74, 6) is -0.920. The Morgan fingerprint density at radius 2 is 1.81 bits per heavy atom. The van der Waals surface area contributed by atoms with Crippen LogP contribution in [0.25, 0.3) is 0 Å². The number of amides is 1. The number of carbonyl (C=O) groups excluding carboxylic acids is 1. The van der Waals surface area contributed by atoms with Crippen LogP contribution in [0.15, 0.2) is 36.4 Å². The Morgan fingerprint density at radius 1 is 1.16 bits per heavy atom. The largest absolute Gasteiger partial charge is 0.355 e. The third-order valence-electron chi connectivity index (χ3n) is 4.98. The lowest BCUT2D eigenvalue weighted by Gasteiger charge is -2.28. The maximum Gasteiger partial charge on any atom is 0.216 e. The number of carbonyl (C=O) groups is 1. The first-order valence-electron chi connectivity index (χ1n) is 10.4. The monoisotopic (exact) mass is 484 g/mol. The molecule has 2 aromatic rings. The van der Waals surface area contributed by atoms with Crippen LogP contribution in [0.1, 0.15) is 42.1 Å². The van der Waals surface area contributed by atoms with Crippen molar-refractivity contribution < 1.29 is 22.0 Å². The van der Waals surface area contributed by atoms with Crippen molar-refractivity contribution in [2.45, 2.75) is 44.2 Å². The van der Waals surface area contributed by atoms with Crippen LogP contribution in [0.3, 0.4) is 0 Å². The maximum absolute atomic E-state index is 12.2. The van der Waals surface area contributed by atoms with E-state index < -0.39 is 21.5 Å². The molecular weight excluding hydrogens is 454 g/mol. The zero-order chi connectivity index (χ0) is 23.9. The van der Waals surface area contributed by atoms with Gasteiger partial charge in [0, 0.05) is 37.4 Å². The van der Waals surface area contributed by atoms with Crippen LogP contribution in [0.5, 0.6) is 0 Å². The van der Waals surface area contributed by atoms with E-state index in [0.717, 1.165) is 23.6 Å². The highest BCUT2D eigenvalue weighted by Crippen LogP contribution is 2.29. The summed E-state index contributed by atoms with van der Waals surface area (Å²) < 4.78 is 48.6. The van der Waals surface area contributed by atoms with Crippen molar-refractivity contribution in [1.29, 1.82) is 0 Å². The van der Waals surface area contributed by atoms with Gasteiger partial charge in [-0.2, -0.15) is 12.6 Å². The topological polar surface area (TPSA) is 75.3 Å². The predicted molar refractivity (Wildman–Crippen MR) is 127 cm³/mol. The Morgan fingerprint density at radius 3 is 2.38 bits per heavy atom. The molecule has 2 N–H and O–H groups in total. The summed E-state index contributed by atoms with van der Waals surface area (Å²) >= 11 is 4.43. The molecule has 0 saturated heterocycles. The minimum atomic E-state index is -3.10. The Kier molecular flexibility index (Phi) is 9.66. The van der Waals surface area contributed by atoms with Crippen molar-refractivity contribution in [3.05, 3.63) is 70.3 Å². The van der Waals surface area contributed by atoms with Gasteiger partial charge in [0.15, 0.2) is 9.84 Å². The first-order chi connectivity index (χ1) is 15.0. The zero-order valence-electron chi connectivity index (χ0n) is 18.5. The fourth-order valence-electron chi connectivity index (χ4n) is 3.43. The van der Waals surface area contributed by atoms with Crippen LogP contribution in [0.4, 0.5) is 8.78 Å². The van der Waals surface area contributed by atoms with Gasteiger partial charge in [-0.1, -0.05) is 25.1 Å². The van der Waals surface area contributed by atoms with E-state index in [-0.39, 0.29) is 28.7 Å². The molecule has 0 aromatic heterocycles. The Hall–Kier alpha value is -1.97. The number of rotatable bonds is 6. The third kappa shape index (κ3) is 8.52. The third-order valence-corrected chi connectivity index (χ3v) is 6.94. The SMILES string of the molecule is CCc1ccc2c(c1)C(NCC(S)CNC(C)=O)CS(=O)(=O)C2.Cc1cc(F)cc(F)c1. The minimum absolute atomic E-state index is 0.0682. The van der Waals surface area contributed by atoms with Gasteiger partial charge in [-0.25, -0.2) is 17.2 Å². The molecule has 176 valence electrons. The van der Waals surface area contributed by atoms with Crippen molar-refractivity contribution in [2.24, 2.45) is 0 Å². The molecule has 1 heterocycles. The van der Waals surface area contributed by atoms with E-state index in [4.69, 9.17) is 0 Å². The lowest BCUT2D eigenvalue weighted by atomic mass is 9.98. The van der Waals surface area contributed by atoms with Crippen LogP contribution in [-0.2, 0) is 26.8 Å². The van der Waals surface area contributed by atoms with Gasteiger partial charge >= 0.3 is 0 Å². The Labute approximate surface area is 194 Å². The first-order valence-corrected chi connectivity index (χ1v) is 12.7. The van der Waals surface area contributed by atoms with Gasteiger partial charge in [-0.3, -0.25) is 4.79 Å². The van der Waals surface area contributed by atoms with E-state index in [1.54, 1.807) is 6.92 Å². The molecule has 2 aromatic carbocycles. The number of benzene rings is 2. The zero-order valence-corrected chi connectivity index (χ0v) is 20.2. The molecule has 2 unspecified atom stereocenters. The summed E-state index contributed by atoms with van der Waals surface area (Å²) in [5.41, 5.74) is 3.76. The van der Waals surface area contributed by atoms with Gasteiger partial charge in [0.05, 0.1) is 11.5 Å². The second-order valence-corrected chi connectivity index (χ2v) is 10.8. The van der Waals surface area contributed by atoms with Crippen molar-refractivity contribution >= 4 is 28.4 Å². The van der Waals surface area contributed by atoms with Gasteiger partial charge in [0.1, 0.15) is 11.6 Å². The van der Waals surface area contributed by atoms with E-state index in [1.807, 2.05) is 12.1 Å². The fraction of sp³-hybridized carbons (Fsp3) is 0.435. The van der Waals surface area contributed by atoms with Crippen LogP contribution in [0.2, 0.25) is 0 Å². The smallest absolute Gasteiger partial charge is 0.216 e. The molecule has 0 aliphatic carbocycles. The molecule has 5 nitrogen and oxygen atoms in total. The first kappa shape index (κ1) is 26.3. The lowest BCUT2D eigenvalue weighted by molar-refractivity contribution is -0.118. The Balaban J connectivity index is 0.000000336. The molecule has 0 fully saturated rings. The number of hydrogen-bond acceptors (Lipinski definition) is 5. The number of thiol groups is 1. The quantitative estimate of drug-likeness (QED) is 0.549. The van der Waals surface area contributed by atoms with Gasteiger partial charge in [-0.05, 0) is 47.7 Å². The molecular formula is C23H30F2N2O3S2. The van der Waals surface area contributed by atoms with Gasteiger partial charge < -0.3 is 10.6 Å². The molecule has 0 spiro atoms. The van der Waals surface area contributed by atoms with Crippen molar-refractivity contribution in [2.75, 3.05) is 18.8 Å². The summed E-state index contributed by atoms with van der Waals surface area (Å²) in [6.45, 7) is 6.17. The van der Waals surface area contributed by atoms with Crippen LogP contribution in [-0.4, -0.2) is 38.4 Å². The van der Waals surface area contributed by atoms with Crippen LogP contribution in [0, 0.1) is 18.6 Å². The standard InChI is InChI=1S/C16H24N2O3S2.C7H6F2/c1-3-12-4-5-13-9-23(20,21)10-16(15(13)6-12)18-8-14(22)7-17-11(2)19;1-5-2-6(8)4-7(9)3-5/h4-6,14,16,18,22H,3,7-10H2,1-2H3,(H,17,19);2-4H,1H3.